The molecule has 0 spiro atoms. The second kappa shape index (κ2) is 6.16. The maximum atomic E-state index is 10.1. The minimum Gasteiger partial charge on any atom is -0.480 e. The maximum Gasteiger partial charge on any atom is 0.320 e. The lowest BCUT2D eigenvalue weighted by molar-refractivity contribution is -0.139. The third-order valence-electron chi connectivity index (χ3n) is 2.03. The Morgan fingerprint density at radius 1 is 1.14 bits per heavy atom. The van der Waals surface area contributed by atoms with Crippen molar-refractivity contribution in [3.8, 4) is 0 Å². The minimum absolute atomic E-state index is 0.269. The SMILES string of the molecule is O=C(O)C1CCCN1.c1ccccc1. The summed E-state index contributed by atoms with van der Waals surface area (Å²) in [5.74, 6) is -0.720. The van der Waals surface area contributed by atoms with E-state index in [0.29, 0.717) is 0 Å². The highest BCUT2D eigenvalue weighted by Gasteiger charge is 2.20. The van der Waals surface area contributed by atoms with E-state index in [4.69, 9.17) is 5.11 Å². The lowest BCUT2D eigenvalue weighted by Crippen LogP contribution is -2.29. The van der Waals surface area contributed by atoms with Gasteiger partial charge in [-0.05, 0) is 19.4 Å². The topological polar surface area (TPSA) is 49.3 Å². The van der Waals surface area contributed by atoms with Crippen molar-refractivity contribution in [3.05, 3.63) is 36.4 Å². The largest absolute Gasteiger partial charge is 0.480 e. The molecule has 0 radical (unpaired) electrons. The number of carboxylic acid groups (broad SMARTS) is 1. The van der Waals surface area contributed by atoms with Crippen LogP contribution >= 0.6 is 0 Å². The van der Waals surface area contributed by atoms with Gasteiger partial charge in [-0.15, -0.1) is 0 Å². The third kappa shape index (κ3) is 4.05. The van der Waals surface area contributed by atoms with Crippen molar-refractivity contribution in [3.63, 3.8) is 0 Å². The molecule has 14 heavy (non-hydrogen) atoms. The summed E-state index contributed by atoms with van der Waals surface area (Å²) in [6, 6.07) is 11.7. The lowest BCUT2D eigenvalue weighted by Gasteiger charge is -1.99. The quantitative estimate of drug-likeness (QED) is 0.710. The van der Waals surface area contributed by atoms with E-state index >= 15 is 0 Å². The normalized spacial score (nSPS) is 19.6. The number of nitrogens with one attached hydrogen (secondary N) is 1. The van der Waals surface area contributed by atoms with Crippen LogP contribution in [0.25, 0.3) is 0 Å². The van der Waals surface area contributed by atoms with Crippen LogP contribution in [0.2, 0.25) is 0 Å². The molecule has 1 aliphatic heterocycles. The van der Waals surface area contributed by atoms with Gasteiger partial charge in [0, 0.05) is 0 Å². The van der Waals surface area contributed by atoms with Gasteiger partial charge in [0.1, 0.15) is 6.04 Å². The fraction of sp³-hybridized carbons (Fsp3) is 0.364. The van der Waals surface area contributed by atoms with Gasteiger partial charge in [0.15, 0.2) is 0 Å². The number of aliphatic carboxylic acids is 1. The van der Waals surface area contributed by atoms with Crippen molar-refractivity contribution in [1.29, 1.82) is 0 Å². The molecule has 2 N–H and O–H groups in total. The monoisotopic (exact) mass is 193 g/mol. The van der Waals surface area contributed by atoms with Gasteiger partial charge in [-0.25, -0.2) is 0 Å². The first kappa shape index (κ1) is 10.7. The predicted octanol–water partition coefficient (Wildman–Crippen LogP) is 1.51. The van der Waals surface area contributed by atoms with Crippen molar-refractivity contribution >= 4 is 5.97 Å². The predicted molar refractivity (Wildman–Crippen MR) is 55.1 cm³/mol. The van der Waals surface area contributed by atoms with Crippen molar-refractivity contribution in [1.82, 2.24) is 5.32 Å². The van der Waals surface area contributed by atoms with Crippen LogP contribution in [0.3, 0.4) is 0 Å². The smallest absolute Gasteiger partial charge is 0.320 e. The highest BCUT2D eigenvalue weighted by Crippen LogP contribution is 2.03. The molecule has 1 aliphatic rings. The second-order valence-corrected chi connectivity index (χ2v) is 3.14. The van der Waals surface area contributed by atoms with Gasteiger partial charge in [-0.2, -0.15) is 0 Å². The molecule has 1 aromatic rings. The molecule has 1 fully saturated rings. The van der Waals surface area contributed by atoms with Crippen molar-refractivity contribution in [2.45, 2.75) is 18.9 Å². The molecule has 0 amide bonds. The molecule has 2 rings (SSSR count). The summed E-state index contributed by atoms with van der Waals surface area (Å²) >= 11 is 0. The number of carboxylic acids is 1. The van der Waals surface area contributed by atoms with E-state index in [0.717, 1.165) is 19.4 Å². The first-order valence-electron chi connectivity index (χ1n) is 4.77. The molecular formula is C11H15NO2. The van der Waals surface area contributed by atoms with Crippen LogP contribution in [0, 0.1) is 0 Å². The molecule has 3 nitrogen and oxygen atoms in total. The van der Waals surface area contributed by atoms with Gasteiger partial charge >= 0.3 is 5.97 Å². The summed E-state index contributed by atoms with van der Waals surface area (Å²) in [4.78, 5) is 10.1. The molecule has 0 bridgehead atoms. The van der Waals surface area contributed by atoms with Gasteiger partial charge in [-0.1, -0.05) is 36.4 Å². The summed E-state index contributed by atoms with van der Waals surface area (Å²) in [5.41, 5.74) is 0. The third-order valence-corrected chi connectivity index (χ3v) is 2.03. The zero-order chi connectivity index (χ0) is 10.2. The summed E-state index contributed by atoms with van der Waals surface area (Å²) in [5, 5.41) is 11.2. The number of rotatable bonds is 1. The maximum absolute atomic E-state index is 10.1. The van der Waals surface area contributed by atoms with Gasteiger partial charge in [0.05, 0.1) is 0 Å². The van der Waals surface area contributed by atoms with Crippen LogP contribution < -0.4 is 5.32 Å². The Kier molecular flexibility index (Phi) is 4.72. The Morgan fingerprint density at radius 2 is 1.64 bits per heavy atom. The first-order chi connectivity index (χ1) is 6.80. The minimum atomic E-state index is -0.720. The second-order valence-electron chi connectivity index (χ2n) is 3.14. The summed E-state index contributed by atoms with van der Waals surface area (Å²) < 4.78 is 0. The Balaban J connectivity index is 0.000000146. The zero-order valence-corrected chi connectivity index (χ0v) is 8.02. The average molecular weight is 193 g/mol. The standard InChI is InChI=1S/C6H6.C5H9NO2/c1-2-4-6-5-3-1;7-5(8)4-2-1-3-6-4/h1-6H;4,6H,1-3H2,(H,7,8). The number of benzene rings is 1. The average Bonchev–Trinajstić information content (AvgIpc) is 2.74. The van der Waals surface area contributed by atoms with E-state index in [1.165, 1.54) is 0 Å². The molecule has 3 heteroatoms. The fourth-order valence-corrected chi connectivity index (χ4v) is 1.28. The van der Waals surface area contributed by atoms with Crippen LogP contribution in [0.1, 0.15) is 12.8 Å². The number of carbonyl (C=O) groups is 1. The van der Waals surface area contributed by atoms with E-state index in [2.05, 4.69) is 5.32 Å². The molecule has 1 aromatic carbocycles. The molecule has 1 unspecified atom stereocenters. The Bertz CT molecular complexity index is 229. The Labute approximate surface area is 83.8 Å². The molecule has 0 aromatic heterocycles. The Hall–Kier alpha value is -1.35. The van der Waals surface area contributed by atoms with Gasteiger partial charge in [0.25, 0.3) is 0 Å². The molecule has 1 heterocycles. The van der Waals surface area contributed by atoms with Crippen LogP contribution in [0.4, 0.5) is 0 Å². The zero-order valence-electron chi connectivity index (χ0n) is 8.02. The fourth-order valence-electron chi connectivity index (χ4n) is 1.28. The molecule has 0 aliphatic carbocycles. The van der Waals surface area contributed by atoms with E-state index in [-0.39, 0.29) is 6.04 Å². The molecule has 76 valence electrons. The van der Waals surface area contributed by atoms with E-state index in [9.17, 15) is 4.79 Å². The van der Waals surface area contributed by atoms with Crippen LogP contribution in [0.15, 0.2) is 36.4 Å². The summed E-state index contributed by atoms with van der Waals surface area (Å²) in [7, 11) is 0. The first-order valence-corrected chi connectivity index (χ1v) is 4.77. The van der Waals surface area contributed by atoms with Gasteiger partial charge in [0.2, 0.25) is 0 Å². The lowest BCUT2D eigenvalue weighted by atomic mass is 10.2. The van der Waals surface area contributed by atoms with E-state index in [1.54, 1.807) is 0 Å². The highest BCUT2D eigenvalue weighted by molar-refractivity contribution is 5.73. The van der Waals surface area contributed by atoms with Crippen molar-refractivity contribution < 1.29 is 9.90 Å². The van der Waals surface area contributed by atoms with Crippen LogP contribution in [-0.2, 0) is 4.79 Å². The summed E-state index contributed by atoms with van der Waals surface area (Å²) in [6.45, 7) is 0.858. The molecular weight excluding hydrogens is 178 g/mol. The van der Waals surface area contributed by atoms with Gasteiger partial charge in [-0.3, -0.25) is 4.79 Å². The van der Waals surface area contributed by atoms with Gasteiger partial charge < -0.3 is 10.4 Å². The van der Waals surface area contributed by atoms with E-state index < -0.39 is 5.97 Å². The Morgan fingerprint density at radius 3 is 1.86 bits per heavy atom. The molecule has 1 atom stereocenters. The number of hydrogen-bond acceptors (Lipinski definition) is 2. The van der Waals surface area contributed by atoms with Crippen LogP contribution in [-0.4, -0.2) is 23.7 Å². The number of hydrogen-bond donors (Lipinski definition) is 2. The summed E-state index contributed by atoms with van der Waals surface area (Å²) in [6.07, 6.45) is 1.78. The highest BCUT2D eigenvalue weighted by atomic mass is 16.4. The molecule has 1 saturated heterocycles. The van der Waals surface area contributed by atoms with Crippen LogP contribution in [0.5, 0.6) is 0 Å². The molecule has 0 saturated carbocycles. The van der Waals surface area contributed by atoms with Crippen molar-refractivity contribution in [2.75, 3.05) is 6.54 Å². The van der Waals surface area contributed by atoms with Crippen molar-refractivity contribution in [2.24, 2.45) is 0 Å². The van der Waals surface area contributed by atoms with E-state index in [1.807, 2.05) is 36.4 Å².